The van der Waals surface area contributed by atoms with Crippen LogP contribution in [0, 0.1) is 0 Å². The molecule has 1 aromatic carbocycles. The molecule has 2 N–H and O–H groups in total. The van der Waals surface area contributed by atoms with Gasteiger partial charge in [-0.15, -0.1) is 35.3 Å². The van der Waals surface area contributed by atoms with Gasteiger partial charge in [-0.1, -0.05) is 30.3 Å². The van der Waals surface area contributed by atoms with Gasteiger partial charge in [0.05, 0.1) is 10.3 Å². The first-order valence-electron chi connectivity index (χ1n) is 9.13. The molecule has 1 fully saturated rings. The van der Waals surface area contributed by atoms with Crippen LogP contribution in [0.15, 0.2) is 51.2 Å². The minimum Gasteiger partial charge on any atom is -0.354 e. The summed E-state index contributed by atoms with van der Waals surface area (Å²) < 4.78 is 1.16. The Kier molecular flexibility index (Phi) is 9.55. The van der Waals surface area contributed by atoms with Crippen molar-refractivity contribution in [3.63, 3.8) is 0 Å². The van der Waals surface area contributed by atoms with Crippen molar-refractivity contribution in [3.8, 4) is 0 Å². The Bertz CT molecular complexity index is 722. The van der Waals surface area contributed by atoms with Gasteiger partial charge in [0.15, 0.2) is 5.96 Å². The van der Waals surface area contributed by atoms with Crippen molar-refractivity contribution in [3.05, 3.63) is 56.7 Å². The fraction of sp³-hybridized carbons (Fsp3) is 0.450. The fourth-order valence-corrected chi connectivity index (χ4v) is 4.83. The first-order chi connectivity index (χ1) is 12.6. The molecule has 27 heavy (non-hydrogen) atoms. The van der Waals surface area contributed by atoms with Crippen molar-refractivity contribution in [1.29, 1.82) is 0 Å². The molecule has 2 heterocycles. The Hall–Kier alpha value is -0.640. The standard InChI is InChI=1S/C20H27BrN4S.HI/c1-15-12-17(10-11-25(15)14-16-6-4-3-5-7-16)24-20(22-2)23-13-18-8-9-19(21)26-18;/h3-9,15,17H,10-14H2,1-2H3,(H2,22,23,24);1H. The monoisotopic (exact) mass is 562 g/mol. The van der Waals surface area contributed by atoms with E-state index < -0.39 is 0 Å². The molecule has 0 amide bonds. The van der Waals surface area contributed by atoms with E-state index in [1.807, 2.05) is 7.05 Å². The van der Waals surface area contributed by atoms with Gasteiger partial charge in [-0.25, -0.2) is 0 Å². The molecular formula is C20H28BrIN4S. The molecule has 4 nitrogen and oxygen atoms in total. The van der Waals surface area contributed by atoms with E-state index in [-0.39, 0.29) is 24.0 Å². The van der Waals surface area contributed by atoms with E-state index in [1.165, 1.54) is 10.4 Å². The number of guanidine groups is 1. The van der Waals surface area contributed by atoms with Crippen LogP contribution in [0.5, 0.6) is 0 Å². The highest BCUT2D eigenvalue weighted by molar-refractivity contribution is 14.0. The van der Waals surface area contributed by atoms with Gasteiger partial charge in [0.1, 0.15) is 0 Å². The maximum absolute atomic E-state index is 4.39. The summed E-state index contributed by atoms with van der Waals surface area (Å²) in [6.45, 7) is 5.28. The van der Waals surface area contributed by atoms with Gasteiger partial charge in [0, 0.05) is 37.1 Å². The Balaban J connectivity index is 0.00000261. The molecule has 0 spiro atoms. The Morgan fingerprint density at radius 3 is 2.67 bits per heavy atom. The maximum atomic E-state index is 4.39. The number of likely N-dealkylation sites (tertiary alicyclic amines) is 1. The van der Waals surface area contributed by atoms with Crippen LogP contribution in [-0.4, -0.2) is 36.5 Å². The van der Waals surface area contributed by atoms with Crippen molar-refractivity contribution in [2.24, 2.45) is 4.99 Å². The zero-order valence-electron chi connectivity index (χ0n) is 15.8. The van der Waals surface area contributed by atoms with Crippen LogP contribution in [-0.2, 0) is 13.1 Å². The average molecular weight is 563 g/mol. The van der Waals surface area contributed by atoms with E-state index in [4.69, 9.17) is 0 Å². The number of thiophene rings is 1. The summed E-state index contributed by atoms with van der Waals surface area (Å²) in [7, 11) is 1.84. The number of halogens is 2. The maximum Gasteiger partial charge on any atom is 0.191 e. The van der Waals surface area contributed by atoms with Gasteiger partial charge in [-0.05, 0) is 53.4 Å². The SMILES string of the molecule is CN=C(NCc1ccc(Br)s1)NC1CCN(Cc2ccccc2)C(C)C1.I. The van der Waals surface area contributed by atoms with E-state index in [0.717, 1.165) is 42.2 Å². The number of hydrogen-bond acceptors (Lipinski definition) is 3. The third-order valence-corrected chi connectivity index (χ3v) is 6.49. The molecule has 148 valence electrons. The van der Waals surface area contributed by atoms with Crippen molar-refractivity contribution in [2.75, 3.05) is 13.6 Å². The fourth-order valence-electron chi connectivity index (χ4n) is 3.41. The third kappa shape index (κ3) is 7.03. The second-order valence-corrected chi connectivity index (χ2v) is 9.35. The first-order valence-corrected chi connectivity index (χ1v) is 10.7. The predicted molar refractivity (Wildman–Crippen MR) is 130 cm³/mol. The molecular weight excluding hydrogens is 535 g/mol. The molecule has 1 saturated heterocycles. The zero-order chi connectivity index (χ0) is 18.4. The number of piperidine rings is 1. The van der Waals surface area contributed by atoms with Gasteiger partial charge in [0.25, 0.3) is 0 Å². The lowest BCUT2D eigenvalue weighted by Crippen LogP contribution is -2.51. The predicted octanol–water partition coefficient (Wildman–Crippen LogP) is 4.85. The lowest BCUT2D eigenvalue weighted by Gasteiger charge is -2.38. The number of nitrogens with one attached hydrogen (secondary N) is 2. The molecule has 0 saturated carbocycles. The van der Waals surface area contributed by atoms with Crippen molar-refractivity contribution in [2.45, 2.75) is 44.9 Å². The molecule has 2 aromatic rings. The summed E-state index contributed by atoms with van der Waals surface area (Å²) in [4.78, 5) is 8.26. The number of nitrogens with zero attached hydrogens (tertiary/aromatic N) is 2. The van der Waals surface area contributed by atoms with Gasteiger partial charge in [-0.3, -0.25) is 9.89 Å². The van der Waals surface area contributed by atoms with Crippen LogP contribution in [0.1, 0.15) is 30.2 Å². The molecule has 2 unspecified atom stereocenters. The third-order valence-electron chi connectivity index (χ3n) is 4.87. The smallest absolute Gasteiger partial charge is 0.191 e. The molecule has 3 rings (SSSR count). The van der Waals surface area contributed by atoms with Crippen LogP contribution in [0.4, 0.5) is 0 Å². The minimum atomic E-state index is 0. The van der Waals surface area contributed by atoms with Gasteiger partial charge >= 0.3 is 0 Å². The summed E-state index contributed by atoms with van der Waals surface area (Å²) in [6.07, 6.45) is 2.28. The Morgan fingerprint density at radius 1 is 1.26 bits per heavy atom. The highest BCUT2D eigenvalue weighted by atomic mass is 127. The lowest BCUT2D eigenvalue weighted by atomic mass is 9.97. The Morgan fingerprint density at radius 2 is 2.04 bits per heavy atom. The summed E-state index contributed by atoms with van der Waals surface area (Å²) in [5, 5.41) is 7.03. The van der Waals surface area contributed by atoms with Crippen LogP contribution >= 0.6 is 51.2 Å². The second-order valence-electron chi connectivity index (χ2n) is 6.80. The highest BCUT2D eigenvalue weighted by Crippen LogP contribution is 2.22. The Labute approximate surface area is 192 Å². The van der Waals surface area contributed by atoms with E-state index in [0.29, 0.717) is 12.1 Å². The zero-order valence-corrected chi connectivity index (χ0v) is 20.6. The summed E-state index contributed by atoms with van der Waals surface area (Å²) in [5.41, 5.74) is 1.39. The molecule has 0 radical (unpaired) electrons. The molecule has 1 aliphatic rings. The summed E-state index contributed by atoms with van der Waals surface area (Å²) >= 11 is 5.26. The number of aliphatic imine (C=N–C) groups is 1. The topological polar surface area (TPSA) is 39.7 Å². The van der Waals surface area contributed by atoms with E-state index >= 15 is 0 Å². The molecule has 1 aliphatic heterocycles. The largest absolute Gasteiger partial charge is 0.354 e. The normalized spacial score (nSPS) is 20.8. The number of rotatable bonds is 5. The molecule has 2 atom stereocenters. The summed E-state index contributed by atoms with van der Waals surface area (Å²) in [5.74, 6) is 0.892. The molecule has 0 bridgehead atoms. The van der Waals surface area contributed by atoms with Crippen LogP contribution in [0.2, 0.25) is 0 Å². The quantitative estimate of drug-likeness (QED) is 0.311. The van der Waals surface area contributed by atoms with E-state index in [9.17, 15) is 0 Å². The van der Waals surface area contributed by atoms with Crippen molar-refractivity contribution >= 4 is 57.2 Å². The minimum absolute atomic E-state index is 0. The van der Waals surface area contributed by atoms with E-state index in [2.05, 4.69) is 85.8 Å². The van der Waals surface area contributed by atoms with Crippen molar-refractivity contribution in [1.82, 2.24) is 15.5 Å². The number of benzene rings is 1. The van der Waals surface area contributed by atoms with Gasteiger partial charge in [0.2, 0.25) is 0 Å². The van der Waals surface area contributed by atoms with Gasteiger partial charge in [-0.2, -0.15) is 0 Å². The molecule has 1 aromatic heterocycles. The molecule has 7 heteroatoms. The lowest BCUT2D eigenvalue weighted by molar-refractivity contribution is 0.134. The van der Waals surface area contributed by atoms with E-state index in [1.54, 1.807) is 11.3 Å². The summed E-state index contributed by atoms with van der Waals surface area (Å²) in [6, 6.07) is 16.0. The first kappa shape index (κ1) is 22.6. The van der Waals surface area contributed by atoms with Crippen LogP contribution in [0.25, 0.3) is 0 Å². The van der Waals surface area contributed by atoms with Crippen molar-refractivity contribution < 1.29 is 0 Å². The molecule has 0 aliphatic carbocycles. The number of hydrogen-bond donors (Lipinski definition) is 2. The van der Waals surface area contributed by atoms with Gasteiger partial charge < -0.3 is 10.6 Å². The van der Waals surface area contributed by atoms with Crippen LogP contribution in [0.3, 0.4) is 0 Å². The average Bonchev–Trinajstić information content (AvgIpc) is 3.07. The second kappa shape index (κ2) is 11.4. The highest BCUT2D eigenvalue weighted by Gasteiger charge is 2.25. The van der Waals surface area contributed by atoms with Crippen LogP contribution < -0.4 is 10.6 Å².